The van der Waals surface area contributed by atoms with Gasteiger partial charge in [0, 0.05) is 11.6 Å². The molecule has 0 aliphatic heterocycles. The van der Waals surface area contributed by atoms with Gasteiger partial charge in [-0.3, -0.25) is 9.59 Å². The number of ether oxygens (including phenoxy) is 1. The van der Waals surface area contributed by atoms with Gasteiger partial charge in [0.2, 0.25) is 11.8 Å². The van der Waals surface area contributed by atoms with Gasteiger partial charge in [0.1, 0.15) is 5.41 Å². The number of nitrogens with one attached hydrogen (secondary N) is 2. The minimum absolute atomic E-state index is 0.237. The quantitative estimate of drug-likeness (QED) is 0.590. The molecule has 0 aromatic heterocycles. The van der Waals surface area contributed by atoms with Gasteiger partial charge in [-0.25, -0.2) is 4.79 Å². The van der Waals surface area contributed by atoms with Crippen LogP contribution in [-0.2, 0) is 20.9 Å². The van der Waals surface area contributed by atoms with Crippen molar-refractivity contribution in [1.29, 1.82) is 0 Å². The van der Waals surface area contributed by atoms with E-state index in [4.69, 9.17) is 16.3 Å². The number of para-hydroxylation sites is 1. The van der Waals surface area contributed by atoms with Crippen LogP contribution >= 0.6 is 11.6 Å². The van der Waals surface area contributed by atoms with Crippen molar-refractivity contribution in [1.82, 2.24) is 5.32 Å². The highest BCUT2D eigenvalue weighted by Gasteiger charge is 2.56. The zero-order valence-corrected chi connectivity index (χ0v) is 15.5. The Labute approximate surface area is 161 Å². The van der Waals surface area contributed by atoms with Gasteiger partial charge < -0.3 is 15.4 Å². The number of methoxy groups -OCH3 is 1. The third kappa shape index (κ3) is 3.95. The van der Waals surface area contributed by atoms with Crippen molar-refractivity contribution in [2.24, 2.45) is 5.41 Å². The first-order valence-corrected chi connectivity index (χ1v) is 8.86. The van der Waals surface area contributed by atoms with Gasteiger partial charge >= 0.3 is 5.97 Å². The number of hydrogen-bond donors (Lipinski definition) is 2. The molecule has 6 nitrogen and oxygen atoms in total. The lowest BCUT2D eigenvalue weighted by molar-refractivity contribution is -0.134. The van der Waals surface area contributed by atoms with Gasteiger partial charge in [-0.05, 0) is 36.6 Å². The third-order valence-corrected chi connectivity index (χ3v) is 4.97. The fourth-order valence-corrected chi connectivity index (χ4v) is 2.99. The van der Waals surface area contributed by atoms with Crippen molar-refractivity contribution in [3.8, 4) is 0 Å². The summed E-state index contributed by atoms with van der Waals surface area (Å²) >= 11 is 6.09. The standard InChI is InChI=1S/C20H19ClN2O4/c1-27-17(24)14-7-3-5-9-16(14)23-19(26)20(10-11-20)18(25)22-12-13-6-2-4-8-15(13)21/h2-9H,10-12H2,1H3,(H,22,25)(H,23,26). The summed E-state index contributed by atoms with van der Waals surface area (Å²) in [6.45, 7) is 0.242. The number of esters is 1. The molecule has 7 heteroatoms. The van der Waals surface area contributed by atoms with Gasteiger partial charge in [0.05, 0.1) is 18.4 Å². The topological polar surface area (TPSA) is 84.5 Å². The number of halogens is 1. The predicted molar refractivity (Wildman–Crippen MR) is 101 cm³/mol. The molecule has 0 atom stereocenters. The molecule has 0 unspecified atom stereocenters. The highest BCUT2D eigenvalue weighted by atomic mass is 35.5. The van der Waals surface area contributed by atoms with Gasteiger partial charge in [0.15, 0.2) is 0 Å². The zero-order valence-electron chi connectivity index (χ0n) is 14.8. The third-order valence-electron chi connectivity index (χ3n) is 4.60. The Morgan fingerprint density at radius 1 is 1.04 bits per heavy atom. The fraction of sp³-hybridized carbons (Fsp3) is 0.250. The molecule has 140 valence electrons. The summed E-state index contributed by atoms with van der Waals surface area (Å²) < 4.78 is 4.72. The van der Waals surface area contributed by atoms with E-state index in [1.165, 1.54) is 7.11 Å². The monoisotopic (exact) mass is 386 g/mol. The molecule has 1 aliphatic carbocycles. The molecule has 1 fully saturated rings. The summed E-state index contributed by atoms with van der Waals surface area (Å²) in [5.41, 5.74) is 0.213. The van der Waals surface area contributed by atoms with E-state index in [1.807, 2.05) is 18.2 Å². The molecule has 0 spiro atoms. The molecule has 0 radical (unpaired) electrons. The first-order valence-electron chi connectivity index (χ1n) is 8.48. The molecule has 1 saturated carbocycles. The average Bonchev–Trinajstić information content (AvgIpc) is 3.49. The Morgan fingerprint density at radius 3 is 2.37 bits per heavy atom. The van der Waals surface area contributed by atoms with Crippen LogP contribution in [-0.4, -0.2) is 24.9 Å². The van der Waals surface area contributed by atoms with Gasteiger partial charge in [0.25, 0.3) is 0 Å². The summed E-state index contributed by atoms with van der Waals surface area (Å²) in [7, 11) is 1.27. The lowest BCUT2D eigenvalue weighted by atomic mass is 10.0. The van der Waals surface area contributed by atoms with E-state index >= 15 is 0 Å². The van der Waals surface area contributed by atoms with Crippen molar-refractivity contribution >= 4 is 35.1 Å². The molecular weight excluding hydrogens is 368 g/mol. The lowest BCUT2D eigenvalue weighted by Gasteiger charge is -2.17. The maximum atomic E-state index is 12.7. The Morgan fingerprint density at radius 2 is 1.70 bits per heavy atom. The highest BCUT2D eigenvalue weighted by Crippen LogP contribution is 2.47. The average molecular weight is 387 g/mol. The Kier molecular flexibility index (Phi) is 5.46. The molecule has 0 bridgehead atoms. The van der Waals surface area contributed by atoms with E-state index < -0.39 is 17.3 Å². The predicted octanol–water partition coefficient (Wildman–Crippen LogP) is 3.16. The van der Waals surface area contributed by atoms with Crippen molar-refractivity contribution in [2.75, 3.05) is 12.4 Å². The number of rotatable bonds is 6. The molecule has 3 rings (SSSR count). The summed E-state index contributed by atoms with van der Waals surface area (Å²) in [5.74, 6) is -1.34. The van der Waals surface area contributed by atoms with Crippen LogP contribution in [0.3, 0.4) is 0 Å². The van der Waals surface area contributed by atoms with Crippen LogP contribution < -0.4 is 10.6 Å². The van der Waals surface area contributed by atoms with Gasteiger partial charge in [-0.1, -0.05) is 41.9 Å². The van der Waals surface area contributed by atoms with Crippen LogP contribution in [0.5, 0.6) is 0 Å². The van der Waals surface area contributed by atoms with E-state index in [1.54, 1.807) is 30.3 Å². The van der Waals surface area contributed by atoms with Crippen LogP contribution in [0.25, 0.3) is 0 Å². The Hall–Kier alpha value is -2.86. The van der Waals surface area contributed by atoms with Gasteiger partial charge in [-0.2, -0.15) is 0 Å². The SMILES string of the molecule is COC(=O)c1ccccc1NC(=O)C1(C(=O)NCc2ccccc2Cl)CC1. The molecule has 27 heavy (non-hydrogen) atoms. The van der Waals surface area contributed by atoms with Crippen molar-refractivity contribution in [3.63, 3.8) is 0 Å². The van der Waals surface area contributed by atoms with Crippen LogP contribution in [0.15, 0.2) is 48.5 Å². The number of carbonyl (C=O) groups excluding carboxylic acids is 3. The molecule has 2 N–H and O–H groups in total. The summed E-state index contributed by atoms with van der Waals surface area (Å²) in [4.78, 5) is 37.2. The summed E-state index contributed by atoms with van der Waals surface area (Å²) in [6.07, 6.45) is 0.904. The second-order valence-electron chi connectivity index (χ2n) is 6.35. The van der Waals surface area contributed by atoms with Crippen molar-refractivity contribution in [3.05, 3.63) is 64.7 Å². The zero-order chi connectivity index (χ0) is 19.4. The Bertz CT molecular complexity index is 893. The fourth-order valence-electron chi connectivity index (χ4n) is 2.79. The van der Waals surface area contributed by atoms with E-state index in [2.05, 4.69) is 10.6 Å². The van der Waals surface area contributed by atoms with Crippen LogP contribution in [0, 0.1) is 5.41 Å². The number of anilines is 1. The molecule has 0 saturated heterocycles. The number of amides is 2. The first-order chi connectivity index (χ1) is 13.0. The maximum absolute atomic E-state index is 12.7. The largest absolute Gasteiger partial charge is 0.465 e. The van der Waals surface area contributed by atoms with E-state index in [9.17, 15) is 14.4 Å². The normalized spacial score (nSPS) is 14.1. The van der Waals surface area contributed by atoms with Gasteiger partial charge in [-0.15, -0.1) is 0 Å². The van der Waals surface area contributed by atoms with Crippen molar-refractivity contribution in [2.45, 2.75) is 19.4 Å². The molecule has 2 amide bonds. The number of carbonyl (C=O) groups is 3. The molecule has 0 heterocycles. The van der Waals surface area contributed by atoms with Crippen LogP contribution in [0.4, 0.5) is 5.69 Å². The van der Waals surface area contributed by atoms with Crippen LogP contribution in [0.2, 0.25) is 5.02 Å². The minimum Gasteiger partial charge on any atom is -0.465 e. The maximum Gasteiger partial charge on any atom is 0.339 e. The lowest BCUT2D eigenvalue weighted by Crippen LogP contribution is -2.39. The molecule has 2 aromatic carbocycles. The van der Waals surface area contributed by atoms with Crippen LogP contribution in [0.1, 0.15) is 28.8 Å². The smallest absolute Gasteiger partial charge is 0.339 e. The summed E-state index contributed by atoms with van der Waals surface area (Å²) in [6, 6.07) is 13.7. The Balaban J connectivity index is 1.69. The second-order valence-corrected chi connectivity index (χ2v) is 6.75. The minimum atomic E-state index is -1.12. The van der Waals surface area contributed by atoms with E-state index in [0.29, 0.717) is 23.6 Å². The number of benzene rings is 2. The molecule has 2 aromatic rings. The summed E-state index contributed by atoms with van der Waals surface area (Å²) in [5, 5.41) is 6.03. The van der Waals surface area contributed by atoms with E-state index in [0.717, 1.165) is 5.56 Å². The first kappa shape index (κ1) is 18.9. The second kappa shape index (κ2) is 7.80. The number of hydrogen-bond acceptors (Lipinski definition) is 4. The van der Waals surface area contributed by atoms with Crippen molar-refractivity contribution < 1.29 is 19.1 Å². The van der Waals surface area contributed by atoms with E-state index in [-0.39, 0.29) is 18.0 Å². The molecular formula is C20H19ClN2O4. The molecule has 1 aliphatic rings. The highest BCUT2D eigenvalue weighted by molar-refractivity contribution is 6.31.